The molecule has 0 saturated heterocycles. The van der Waals surface area contributed by atoms with Gasteiger partial charge in [0.2, 0.25) is 11.8 Å². The van der Waals surface area contributed by atoms with Crippen LogP contribution in [0.4, 0.5) is 11.4 Å². The van der Waals surface area contributed by atoms with E-state index in [1.54, 1.807) is 31.2 Å². The fourth-order valence-corrected chi connectivity index (χ4v) is 3.62. The summed E-state index contributed by atoms with van der Waals surface area (Å²) in [5.74, 6) is -0.846. The van der Waals surface area contributed by atoms with Crippen molar-refractivity contribution < 1.29 is 19.1 Å². The average Bonchev–Trinajstić information content (AvgIpc) is 2.63. The predicted octanol–water partition coefficient (Wildman–Crippen LogP) is 3.30. The lowest BCUT2D eigenvalue weighted by Crippen LogP contribution is -2.32. The summed E-state index contributed by atoms with van der Waals surface area (Å²) in [6.07, 6.45) is 0.0600. The minimum atomic E-state index is -0.483. The van der Waals surface area contributed by atoms with Crippen molar-refractivity contribution in [1.29, 1.82) is 0 Å². The van der Waals surface area contributed by atoms with Crippen molar-refractivity contribution in [3.05, 3.63) is 54.1 Å². The number of benzene rings is 2. The highest BCUT2D eigenvalue weighted by Crippen LogP contribution is 2.36. The number of thioether (sulfide) groups is 1. The van der Waals surface area contributed by atoms with Gasteiger partial charge in [0.05, 0.1) is 23.1 Å². The van der Waals surface area contributed by atoms with Gasteiger partial charge in [0.15, 0.2) is 0 Å². The van der Waals surface area contributed by atoms with E-state index in [-0.39, 0.29) is 18.2 Å². The molecule has 26 heavy (non-hydrogen) atoms. The first-order chi connectivity index (χ1) is 12.6. The summed E-state index contributed by atoms with van der Waals surface area (Å²) in [5.41, 5.74) is 1.75. The van der Waals surface area contributed by atoms with Crippen LogP contribution in [0, 0.1) is 0 Å². The monoisotopic (exact) mass is 370 g/mol. The number of para-hydroxylation sites is 1. The Bertz CT molecular complexity index is 836. The molecule has 0 bridgehead atoms. The van der Waals surface area contributed by atoms with Gasteiger partial charge in [0.25, 0.3) is 0 Å². The lowest BCUT2D eigenvalue weighted by Gasteiger charge is -2.23. The topological polar surface area (TPSA) is 84.5 Å². The number of rotatable bonds is 5. The van der Waals surface area contributed by atoms with E-state index in [1.807, 2.05) is 24.3 Å². The Morgan fingerprint density at radius 1 is 1.15 bits per heavy atom. The molecule has 2 aromatic rings. The van der Waals surface area contributed by atoms with Crippen LogP contribution in [0.1, 0.15) is 23.7 Å². The molecule has 0 saturated carbocycles. The zero-order valence-electron chi connectivity index (χ0n) is 14.2. The molecule has 0 unspecified atom stereocenters. The number of esters is 1. The molecule has 2 aromatic carbocycles. The summed E-state index contributed by atoms with van der Waals surface area (Å²) in [7, 11) is 0. The maximum atomic E-state index is 12.3. The van der Waals surface area contributed by atoms with E-state index >= 15 is 0 Å². The summed E-state index contributed by atoms with van der Waals surface area (Å²) in [5, 5.41) is 5.08. The number of hydrogen-bond acceptors (Lipinski definition) is 5. The normalized spacial score (nSPS) is 15.6. The number of nitrogens with one attached hydrogen (secondary N) is 2. The number of carbonyl (C=O) groups is 3. The van der Waals surface area contributed by atoms with Crippen LogP contribution >= 0.6 is 11.8 Å². The van der Waals surface area contributed by atoms with Crippen molar-refractivity contribution >= 4 is 40.9 Å². The van der Waals surface area contributed by atoms with Gasteiger partial charge in [-0.3, -0.25) is 9.59 Å². The van der Waals surface area contributed by atoms with Crippen molar-refractivity contribution in [3.8, 4) is 0 Å². The van der Waals surface area contributed by atoms with Crippen molar-refractivity contribution in [2.75, 3.05) is 17.2 Å². The van der Waals surface area contributed by atoms with Crippen molar-refractivity contribution in [2.45, 2.75) is 23.5 Å². The molecule has 0 radical (unpaired) electrons. The number of ether oxygens (including phenoxy) is 1. The molecular formula is C19H18N2O4S. The van der Waals surface area contributed by atoms with E-state index < -0.39 is 11.2 Å². The molecule has 2 amide bonds. The van der Waals surface area contributed by atoms with Crippen LogP contribution in [0.2, 0.25) is 0 Å². The van der Waals surface area contributed by atoms with Crippen molar-refractivity contribution in [3.63, 3.8) is 0 Å². The molecule has 0 fully saturated rings. The summed E-state index contributed by atoms with van der Waals surface area (Å²) in [6.45, 7) is 2.05. The van der Waals surface area contributed by atoms with E-state index in [4.69, 9.17) is 4.74 Å². The third-order valence-electron chi connectivity index (χ3n) is 3.76. The highest BCUT2D eigenvalue weighted by atomic mass is 32.2. The van der Waals surface area contributed by atoms with Crippen LogP contribution in [-0.4, -0.2) is 29.6 Å². The predicted molar refractivity (Wildman–Crippen MR) is 100 cm³/mol. The molecule has 0 aromatic heterocycles. The zero-order chi connectivity index (χ0) is 18.5. The summed E-state index contributed by atoms with van der Waals surface area (Å²) < 4.78 is 4.92. The molecule has 0 spiro atoms. The quantitative estimate of drug-likeness (QED) is 0.789. The van der Waals surface area contributed by atoms with Crippen molar-refractivity contribution in [2.24, 2.45) is 0 Å². The molecule has 2 N–H and O–H groups in total. The standard InChI is InChI=1S/C19H18N2O4S/c1-2-25-19(24)12-7-9-13(10-8-12)20-17(22)11-16-18(23)21-14-5-3-4-6-15(14)26-16/h3-10,16H,2,11H2,1H3,(H,20,22)(H,21,23)/t16-/m0/s1. The Kier molecular flexibility index (Phi) is 5.58. The van der Waals surface area contributed by atoms with Gasteiger partial charge in [-0.25, -0.2) is 4.79 Å². The van der Waals surface area contributed by atoms with E-state index in [2.05, 4.69) is 10.6 Å². The molecule has 1 atom stereocenters. The summed E-state index contributed by atoms with van der Waals surface area (Å²) >= 11 is 1.38. The second-order valence-electron chi connectivity index (χ2n) is 5.64. The summed E-state index contributed by atoms with van der Waals surface area (Å²) in [6, 6.07) is 13.9. The van der Waals surface area contributed by atoms with Crippen LogP contribution in [-0.2, 0) is 14.3 Å². The van der Waals surface area contributed by atoms with E-state index in [1.165, 1.54) is 11.8 Å². The first-order valence-corrected chi connectivity index (χ1v) is 9.08. The van der Waals surface area contributed by atoms with Crippen LogP contribution < -0.4 is 10.6 Å². The van der Waals surface area contributed by atoms with Gasteiger partial charge in [-0.05, 0) is 43.3 Å². The highest BCUT2D eigenvalue weighted by molar-refractivity contribution is 8.01. The van der Waals surface area contributed by atoms with Crippen LogP contribution in [0.15, 0.2) is 53.4 Å². The lowest BCUT2D eigenvalue weighted by molar-refractivity contribution is -0.120. The second-order valence-corrected chi connectivity index (χ2v) is 6.89. The van der Waals surface area contributed by atoms with Gasteiger partial charge in [0.1, 0.15) is 0 Å². The SMILES string of the molecule is CCOC(=O)c1ccc(NC(=O)C[C@@H]2Sc3ccccc3NC2=O)cc1. The van der Waals surface area contributed by atoms with E-state index in [0.29, 0.717) is 17.9 Å². The van der Waals surface area contributed by atoms with Crippen molar-refractivity contribution in [1.82, 2.24) is 0 Å². The Labute approximate surface area is 155 Å². The van der Waals surface area contributed by atoms with Gasteiger partial charge >= 0.3 is 5.97 Å². The molecule has 0 aliphatic carbocycles. The largest absolute Gasteiger partial charge is 0.462 e. The van der Waals surface area contributed by atoms with Crippen LogP contribution in [0.5, 0.6) is 0 Å². The number of fused-ring (bicyclic) bond motifs is 1. The second kappa shape index (κ2) is 8.05. The molecule has 6 nitrogen and oxygen atoms in total. The molecular weight excluding hydrogens is 352 g/mol. The van der Waals surface area contributed by atoms with E-state index in [9.17, 15) is 14.4 Å². The fourth-order valence-electron chi connectivity index (χ4n) is 2.51. The molecule has 7 heteroatoms. The third-order valence-corrected chi connectivity index (χ3v) is 5.03. The minimum Gasteiger partial charge on any atom is -0.462 e. The first-order valence-electron chi connectivity index (χ1n) is 8.20. The Morgan fingerprint density at radius 2 is 1.88 bits per heavy atom. The van der Waals surface area contributed by atoms with Crippen LogP contribution in [0.25, 0.3) is 0 Å². The van der Waals surface area contributed by atoms with Gasteiger partial charge in [0, 0.05) is 17.0 Å². The molecule has 134 valence electrons. The van der Waals surface area contributed by atoms with Crippen LogP contribution in [0.3, 0.4) is 0 Å². The third kappa shape index (κ3) is 4.23. The Balaban J connectivity index is 1.59. The molecule has 3 rings (SSSR count). The first kappa shape index (κ1) is 18.0. The van der Waals surface area contributed by atoms with Gasteiger partial charge in [-0.2, -0.15) is 0 Å². The van der Waals surface area contributed by atoms with E-state index in [0.717, 1.165) is 10.6 Å². The molecule has 1 aliphatic heterocycles. The number of amides is 2. The van der Waals surface area contributed by atoms with Gasteiger partial charge < -0.3 is 15.4 Å². The Hall–Kier alpha value is -2.80. The van der Waals surface area contributed by atoms with Gasteiger partial charge in [-0.1, -0.05) is 12.1 Å². The average molecular weight is 370 g/mol. The number of hydrogen-bond donors (Lipinski definition) is 2. The van der Waals surface area contributed by atoms with Gasteiger partial charge in [-0.15, -0.1) is 11.8 Å². The molecule has 1 heterocycles. The minimum absolute atomic E-state index is 0.0600. The lowest BCUT2D eigenvalue weighted by atomic mass is 10.2. The highest BCUT2D eigenvalue weighted by Gasteiger charge is 2.28. The summed E-state index contributed by atoms with van der Waals surface area (Å²) in [4.78, 5) is 37.0. The zero-order valence-corrected chi connectivity index (χ0v) is 15.0. The maximum absolute atomic E-state index is 12.3. The smallest absolute Gasteiger partial charge is 0.338 e. The number of carbonyl (C=O) groups excluding carboxylic acids is 3. The fraction of sp³-hybridized carbons (Fsp3) is 0.211. The maximum Gasteiger partial charge on any atom is 0.338 e. The Morgan fingerprint density at radius 3 is 2.62 bits per heavy atom. The molecule has 1 aliphatic rings. The number of anilines is 2.